The Labute approximate surface area is 186 Å². The van der Waals surface area contributed by atoms with Gasteiger partial charge < -0.3 is 10.2 Å². The van der Waals surface area contributed by atoms with Gasteiger partial charge in [-0.15, -0.1) is 11.8 Å². The van der Waals surface area contributed by atoms with Gasteiger partial charge in [0.25, 0.3) is 5.91 Å². The van der Waals surface area contributed by atoms with Crippen LogP contribution in [0.25, 0.3) is 0 Å². The molecule has 2 aliphatic rings. The van der Waals surface area contributed by atoms with Crippen molar-refractivity contribution in [2.45, 2.75) is 29.6 Å². The predicted octanol–water partition coefficient (Wildman–Crippen LogP) is 2.97. The minimum absolute atomic E-state index is 0.0532. The molecule has 2 aliphatic heterocycles. The molecule has 0 saturated carbocycles. The largest absolute Gasteiger partial charge is 0.337 e. The zero-order valence-corrected chi connectivity index (χ0v) is 19.0. The molecular weight excluding hydrogens is 434 g/mol. The smallest absolute Gasteiger partial charge is 0.253 e. The molecule has 1 saturated heterocycles. The van der Waals surface area contributed by atoms with Crippen LogP contribution >= 0.6 is 11.8 Å². The van der Waals surface area contributed by atoms with Gasteiger partial charge in [-0.05, 0) is 43.7 Å². The molecule has 2 amide bonds. The molecule has 0 aliphatic carbocycles. The van der Waals surface area contributed by atoms with Crippen molar-refractivity contribution in [3.05, 3.63) is 53.6 Å². The van der Waals surface area contributed by atoms with E-state index in [1.54, 1.807) is 53.1 Å². The molecule has 0 unspecified atom stereocenters. The Kier molecular flexibility index (Phi) is 6.36. The molecule has 1 fully saturated rings. The molecule has 0 atom stereocenters. The molecule has 0 bridgehead atoms. The van der Waals surface area contributed by atoms with Crippen LogP contribution in [-0.4, -0.2) is 61.4 Å². The first kappa shape index (κ1) is 21.9. The van der Waals surface area contributed by atoms with E-state index in [1.807, 2.05) is 13.0 Å². The van der Waals surface area contributed by atoms with Crippen LogP contribution in [0.5, 0.6) is 0 Å². The second kappa shape index (κ2) is 9.02. The van der Waals surface area contributed by atoms with E-state index in [9.17, 15) is 18.0 Å². The molecule has 0 spiro atoms. The molecule has 0 aromatic heterocycles. The van der Waals surface area contributed by atoms with Gasteiger partial charge >= 0.3 is 0 Å². The lowest BCUT2D eigenvalue weighted by Crippen LogP contribution is -2.37. The Hall–Kier alpha value is -2.36. The quantitative estimate of drug-likeness (QED) is 0.763. The fourth-order valence-electron chi connectivity index (χ4n) is 3.73. The maximum absolute atomic E-state index is 13.1. The van der Waals surface area contributed by atoms with E-state index >= 15 is 0 Å². The van der Waals surface area contributed by atoms with Gasteiger partial charge in [0.15, 0.2) is 0 Å². The number of sulfonamides is 1. The first-order valence-corrected chi connectivity index (χ1v) is 12.7. The van der Waals surface area contributed by atoms with Crippen LogP contribution in [0.3, 0.4) is 0 Å². The fraction of sp³-hybridized carbons (Fsp3) is 0.364. The summed E-state index contributed by atoms with van der Waals surface area (Å²) in [6.45, 7) is 3.34. The van der Waals surface area contributed by atoms with Gasteiger partial charge in [-0.2, -0.15) is 4.31 Å². The number of nitrogens with one attached hydrogen (secondary N) is 1. The van der Waals surface area contributed by atoms with Gasteiger partial charge in [-0.25, -0.2) is 8.42 Å². The van der Waals surface area contributed by atoms with E-state index in [-0.39, 0.29) is 23.3 Å². The van der Waals surface area contributed by atoms with E-state index in [0.29, 0.717) is 49.5 Å². The van der Waals surface area contributed by atoms with Gasteiger partial charge in [0, 0.05) is 48.8 Å². The lowest BCUT2D eigenvalue weighted by molar-refractivity contribution is -0.115. The van der Waals surface area contributed by atoms with Gasteiger partial charge in [-0.3, -0.25) is 9.59 Å². The molecule has 7 nitrogen and oxygen atoms in total. The van der Waals surface area contributed by atoms with Crippen LogP contribution in [0.15, 0.2) is 52.3 Å². The number of amides is 2. The van der Waals surface area contributed by atoms with E-state index in [0.717, 1.165) is 10.5 Å². The highest BCUT2D eigenvalue weighted by molar-refractivity contribution is 7.99. The van der Waals surface area contributed by atoms with Crippen LogP contribution in [0.2, 0.25) is 0 Å². The van der Waals surface area contributed by atoms with Crippen molar-refractivity contribution < 1.29 is 18.0 Å². The number of rotatable bonds is 3. The monoisotopic (exact) mass is 459 g/mol. The maximum Gasteiger partial charge on any atom is 0.253 e. The number of hydrogen-bond donors (Lipinski definition) is 1. The predicted molar refractivity (Wildman–Crippen MR) is 121 cm³/mol. The number of aryl methyl sites for hydroxylation is 1. The molecule has 2 aromatic carbocycles. The van der Waals surface area contributed by atoms with E-state index < -0.39 is 10.0 Å². The molecule has 31 heavy (non-hydrogen) atoms. The minimum Gasteiger partial charge on any atom is -0.337 e. The Morgan fingerprint density at radius 2 is 1.81 bits per heavy atom. The number of anilines is 1. The number of fused-ring (bicyclic) bond motifs is 1. The molecular formula is C22H25N3O4S2. The summed E-state index contributed by atoms with van der Waals surface area (Å²) >= 11 is 1.59. The average Bonchev–Trinajstić information content (AvgIpc) is 3.11. The molecule has 164 valence electrons. The first-order valence-electron chi connectivity index (χ1n) is 10.3. The molecule has 0 radical (unpaired) electrons. The van der Waals surface area contributed by atoms with Crippen molar-refractivity contribution in [1.29, 1.82) is 0 Å². The number of nitrogens with zero attached hydrogens (tertiary/aromatic N) is 2. The Bertz CT molecular complexity index is 1100. The maximum atomic E-state index is 13.1. The van der Waals surface area contributed by atoms with Crippen LogP contribution in [0.1, 0.15) is 28.8 Å². The molecule has 9 heteroatoms. The van der Waals surface area contributed by atoms with Gasteiger partial charge in [0.05, 0.1) is 10.6 Å². The summed E-state index contributed by atoms with van der Waals surface area (Å²) in [4.78, 5) is 27.9. The SMILES string of the molecule is Cc1ccc(S(=O)(=O)N2CCCN(C(=O)c3ccc4c(c3)NC(=O)CCS4)CC2)cc1. The highest BCUT2D eigenvalue weighted by Gasteiger charge is 2.29. The summed E-state index contributed by atoms with van der Waals surface area (Å²) in [6, 6.07) is 12.2. The molecule has 2 heterocycles. The number of hydrogen-bond acceptors (Lipinski definition) is 5. The van der Waals surface area contributed by atoms with Crippen molar-refractivity contribution in [2.24, 2.45) is 0 Å². The van der Waals surface area contributed by atoms with E-state index in [4.69, 9.17) is 0 Å². The Balaban J connectivity index is 1.48. The highest BCUT2D eigenvalue weighted by atomic mass is 32.2. The van der Waals surface area contributed by atoms with Crippen LogP contribution < -0.4 is 5.32 Å². The second-order valence-electron chi connectivity index (χ2n) is 7.72. The van der Waals surface area contributed by atoms with Gasteiger partial charge in [0.1, 0.15) is 0 Å². The zero-order chi connectivity index (χ0) is 22.0. The van der Waals surface area contributed by atoms with Crippen molar-refractivity contribution in [3.63, 3.8) is 0 Å². The third-order valence-electron chi connectivity index (χ3n) is 5.49. The van der Waals surface area contributed by atoms with Gasteiger partial charge in [-0.1, -0.05) is 17.7 Å². The Morgan fingerprint density at radius 3 is 2.58 bits per heavy atom. The standard InChI is InChI=1S/C22H25N3O4S2/c1-16-3-6-18(7-4-16)31(28,29)25-11-2-10-24(12-13-25)22(27)17-5-8-20-19(15-17)23-21(26)9-14-30-20/h3-8,15H,2,9-14H2,1H3,(H,23,26). The summed E-state index contributed by atoms with van der Waals surface area (Å²) in [6.07, 6.45) is 1.01. The topological polar surface area (TPSA) is 86.8 Å². The lowest BCUT2D eigenvalue weighted by Gasteiger charge is -2.22. The highest BCUT2D eigenvalue weighted by Crippen LogP contribution is 2.32. The molecule has 2 aromatic rings. The number of carbonyl (C=O) groups is 2. The average molecular weight is 460 g/mol. The number of carbonyl (C=O) groups excluding carboxylic acids is 2. The zero-order valence-electron chi connectivity index (χ0n) is 17.3. The third kappa shape index (κ3) is 4.78. The first-order chi connectivity index (χ1) is 14.8. The lowest BCUT2D eigenvalue weighted by atomic mass is 10.1. The van der Waals surface area contributed by atoms with Crippen LogP contribution in [-0.2, 0) is 14.8 Å². The number of thioether (sulfide) groups is 1. The summed E-state index contributed by atoms with van der Waals surface area (Å²) < 4.78 is 27.5. The normalized spacial score (nSPS) is 18.0. The summed E-state index contributed by atoms with van der Waals surface area (Å²) in [5, 5.41) is 2.86. The summed E-state index contributed by atoms with van der Waals surface area (Å²) in [5.74, 6) is 0.507. The summed E-state index contributed by atoms with van der Waals surface area (Å²) in [5.41, 5.74) is 2.16. The molecule has 4 rings (SSSR count). The molecule has 1 N–H and O–H groups in total. The Morgan fingerprint density at radius 1 is 1.03 bits per heavy atom. The van der Waals surface area contributed by atoms with Crippen molar-refractivity contribution in [2.75, 3.05) is 37.2 Å². The van der Waals surface area contributed by atoms with E-state index in [2.05, 4.69) is 5.32 Å². The summed E-state index contributed by atoms with van der Waals surface area (Å²) in [7, 11) is -3.59. The second-order valence-corrected chi connectivity index (χ2v) is 10.8. The van der Waals surface area contributed by atoms with Crippen LogP contribution in [0, 0.1) is 6.92 Å². The third-order valence-corrected chi connectivity index (χ3v) is 8.48. The van der Waals surface area contributed by atoms with Crippen molar-refractivity contribution in [3.8, 4) is 0 Å². The van der Waals surface area contributed by atoms with Crippen molar-refractivity contribution in [1.82, 2.24) is 9.21 Å². The van der Waals surface area contributed by atoms with E-state index in [1.165, 1.54) is 4.31 Å². The van der Waals surface area contributed by atoms with Crippen LogP contribution in [0.4, 0.5) is 5.69 Å². The minimum atomic E-state index is -3.59. The fourth-order valence-corrected chi connectivity index (χ4v) is 6.14. The number of benzene rings is 2. The van der Waals surface area contributed by atoms with Gasteiger partial charge in [0.2, 0.25) is 15.9 Å². The van der Waals surface area contributed by atoms with Crippen molar-refractivity contribution >= 4 is 39.3 Å².